The highest BCUT2D eigenvalue weighted by Gasteiger charge is 2.16. The lowest BCUT2D eigenvalue weighted by molar-refractivity contribution is -0.154. The number of esters is 2. The van der Waals surface area contributed by atoms with E-state index in [4.69, 9.17) is 18.9 Å². The van der Waals surface area contributed by atoms with Gasteiger partial charge in [-0.15, -0.1) is 0 Å². The average molecular weight is 583 g/mol. The summed E-state index contributed by atoms with van der Waals surface area (Å²) in [6, 6.07) is 11.2. The Balaban J connectivity index is 1.66. The van der Waals surface area contributed by atoms with E-state index >= 15 is 0 Å². The van der Waals surface area contributed by atoms with Gasteiger partial charge in [-0.2, -0.15) is 0 Å². The molecule has 2 aromatic carbocycles. The molecule has 39 heavy (non-hydrogen) atoms. The molecule has 0 spiro atoms. The number of aliphatic hydroxyl groups is 2. The molecule has 2 unspecified atom stereocenters. The Kier molecular flexibility index (Phi) is 14.3. The van der Waals surface area contributed by atoms with Crippen molar-refractivity contribution < 1.29 is 38.7 Å². The summed E-state index contributed by atoms with van der Waals surface area (Å²) in [6.45, 7) is 9.67. The third-order valence-corrected chi connectivity index (χ3v) is 7.56. The average Bonchev–Trinajstić information content (AvgIpc) is 2.85. The van der Waals surface area contributed by atoms with Crippen LogP contribution in [-0.2, 0) is 19.1 Å². The van der Waals surface area contributed by atoms with E-state index in [1.54, 1.807) is 6.07 Å². The first-order valence-corrected chi connectivity index (χ1v) is 15.7. The van der Waals surface area contributed by atoms with Crippen molar-refractivity contribution in [2.45, 2.75) is 71.7 Å². The highest BCUT2D eigenvalue weighted by molar-refractivity contribution is 8.76. The number of carbonyl (C=O) groups is 2. The van der Waals surface area contributed by atoms with Gasteiger partial charge in [0.25, 0.3) is 0 Å². The van der Waals surface area contributed by atoms with E-state index in [1.807, 2.05) is 51.1 Å². The van der Waals surface area contributed by atoms with Gasteiger partial charge in [0.15, 0.2) is 0 Å². The topological polar surface area (TPSA) is 112 Å². The van der Waals surface area contributed by atoms with Crippen molar-refractivity contribution in [3.63, 3.8) is 0 Å². The van der Waals surface area contributed by atoms with E-state index in [9.17, 15) is 19.8 Å². The van der Waals surface area contributed by atoms with E-state index in [2.05, 4.69) is 13.8 Å². The molecule has 2 rings (SSSR count). The number of fused-ring (bicyclic) bond motifs is 1. The molecule has 218 valence electrons. The predicted octanol–water partition coefficient (Wildman–Crippen LogP) is 5.41. The van der Waals surface area contributed by atoms with Crippen LogP contribution in [0.25, 0.3) is 10.8 Å². The van der Waals surface area contributed by atoms with Crippen LogP contribution in [0.4, 0.5) is 0 Å². The molecule has 0 aromatic heterocycles. The first-order chi connectivity index (χ1) is 18.4. The summed E-state index contributed by atoms with van der Waals surface area (Å²) in [5.74, 6) is 2.17. The summed E-state index contributed by atoms with van der Waals surface area (Å²) in [4.78, 5) is 23.6. The highest BCUT2D eigenvalue weighted by atomic mass is 33.1. The summed E-state index contributed by atoms with van der Waals surface area (Å²) in [5.41, 5.74) is -0.484. The van der Waals surface area contributed by atoms with Crippen molar-refractivity contribution in [2.24, 2.45) is 5.92 Å². The number of carbonyl (C=O) groups excluding carboxylic acids is 2. The molecule has 0 fully saturated rings. The molecule has 10 heteroatoms. The minimum atomic E-state index is -0.961. The fourth-order valence-electron chi connectivity index (χ4n) is 3.51. The maximum absolute atomic E-state index is 11.9. The second kappa shape index (κ2) is 16.8. The molecular formula is C29H42O8S2. The van der Waals surface area contributed by atoms with Crippen LogP contribution in [0, 0.1) is 5.92 Å². The van der Waals surface area contributed by atoms with E-state index in [0.717, 1.165) is 10.8 Å². The van der Waals surface area contributed by atoms with Crippen molar-refractivity contribution in [1.82, 2.24) is 0 Å². The van der Waals surface area contributed by atoms with Crippen molar-refractivity contribution >= 4 is 44.3 Å². The van der Waals surface area contributed by atoms with Crippen LogP contribution < -0.4 is 9.47 Å². The van der Waals surface area contributed by atoms with Crippen LogP contribution in [0.2, 0.25) is 0 Å². The first-order valence-electron chi connectivity index (χ1n) is 13.2. The fraction of sp³-hybridized carbons (Fsp3) is 0.586. The minimum Gasteiger partial charge on any atom is -0.491 e. The Morgan fingerprint density at radius 3 is 2.21 bits per heavy atom. The van der Waals surface area contributed by atoms with Crippen LogP contribution in [0.3, 0.4) is 0 Å². The lowest BCUT2D eigenvalue weighted by Crippen LogP contribution is -2.25. The Labute approximate surface area is 239 Å². The van der Waals surface area contributed by atoms with Gasteiger partial charge in [0.05, 0.1) is 18.9 Å². The monoisotopic (exact) mass is 582 g/mol. The molecule has 2 atom stereocenters. The second-order valence-electron chi connectivity index (χ2n) is 10.6. The quantitative estimate of drug-likeness (QED) is 0.143. The SMILES string of the molecule is CC(C)CC(O)COc1cccc2cc(OCC(O)COC(=O)CCSSCCC(=O)OC(C)(C)C)ccc12. The Hall–Kier alpha value is -2.14. The number of hydrogen-bond acceptors (Lipinski definition) is 10. The largest absolute Gasteiger partial charge is 0.491 e. The van der Waals surface area contributed by atoms with E-state index in [0.29, 0.717) is 41.8 Å². The summed E-state index contributed by atoms with van der Waals surface area (Å²) >= 11 is 0. The van der Waals surface area contributed by atoms with Crippen molar-refractivity contribution in [3.8, 4) is 11.5 Å². The summed E-state index contributed by atoms with van der Waals surface area (Å²) < 4.78 is 21.9. The fourth-order valence-corrected chi connectivity index (χ4v) is 5.45. The van der Waals surface area contributed by atoms with Crippen LogP contribution in [0.1, 0.15) is 53.9 Å². The molecule has 2 aromatic rings. The first kappa shape index (κ1) is 33.1. The number of ether oxygens (including phenoxy) is 4. The van der Waals surface area contributed by atoms with Gasteiger partial charge in [-0.3, -0.25) is 9.59 Å². The molecule has 0 radical (unpaired) electrons. The zero-order chi connectivity index (χ0) is 28.8. The van der Waals surface area contributed by atoms with Gasteiger partial charge in [0, 0.05) is 16.9 Å². The van der Waals surface area contributed by atoms with Crippen molar-refractivity contribution in [3.05, 3.63) is 36.4 Å². The molecule has 0 saturated heterocycles. The smallest absolute Gasteiger partial charge is 0.307 e. The normalized spacial score (nSPS) is 13.2. The Morgan fingerprint density at radius 2 is 1.54 bits per heavy atom. The van der Waals surface area contributed by atoms with Crippen LogP contribution in [0.15, 0.2) is 36.4 Å². The van der Waals surface area contributed by atoms with E-state index in [-0.39, 0.29) is 32.2 Å². The maximum atomic E-state index is 11.9. The molecule has 0 heterocycles. The van der Waals surface area contributed by atoms with Crippen LogP contribution in [0.5, 0.6) is 11.5 Å². The number of rotatable bonds is 17. The van der Waals surface area contributed by atoms with Gasteiger partial charge in [0.2, 0.25) is 0 Å². The standard InChI is InChI=1S/C29H42O8S2/c1-20(2)15-22(30)17-35-26-8-6-7-21-16-24(9-10-25(21)26)34-18-23(31)19-36-27(32)11-13-38-39-14-12-28(33)37-29(3,4)5/h6-10,16,20,22-23,30-31H,11-15,17-19H2,1-5H3. The molecule has 0 aliphatic rings. The molecule has 8 nitrogen and oxygen atoms in total. The minimum absolute atomic E-state index is 0.0222. The molecule has 0 bridgehead atoms. The Bertz CT molecular complexity index is 1040. The summed E-state index contributed by atoms with van der Waals surface area (Å²) in [7, 11) is 3.00. The van der Waals surface area contributed by atoms with Crippen molar-refractivity contribution in [1.29, 1.82) is 0 Å². The number of aliphatic hydroxyl groups excluding tert-OH is 2. The molecule has 0 saturated carbocycles. The zero-order valence-corrected chi connectivity index (χ0v) is 25.1. The van der Waals surface area contributed by atoms with Crippen LogP contribution in [-0.4, -0.2) is 71.3 Å². The maximum Gasteiger partial charge on any atom is 0.307 e. The lowest BCUT2D eigenvalue weighted by Gasteiger charge is -2.19. The van der Waals surface area contributed by atoms with E-state index in [1.165, 1.54) is 21.6 Å². The number of benzene rings is 2. The third-order valence-electron chi connectivity index (χ3n) is 5.15. The Morgan fingerprint density at radius 1 is 0.872 bits per heavy atom. The van der Waals surface area contributed by atoms with Gasteiger partial charge in [-0.1, -0.05) is 47.6 Å². The molecule has 0 aliphatic heterocycles. The number of hydrogen-bond donors (Lipinski definition) is 2. The predicted molar refractivity (Wildman–Crippen MR) is 157 cm³/mol. The third kappa shape index (κ3) is 14.2. The molecule has 2 N–H and O–H groups in total. The van der Waals surface area contributed by atoms with Gasteiger partial charge in [-0.05, 0) is 62.8 Å². The molecule has 0 amide bonds. The van der Waals surface area contributed by atoms with Crippen LogP contribution >= 0.6 is 21.6 Å². The van der Waals surface area contributed by atoms with Gasteiger partial charge >= 0.3 is 11.9 Å². The highest BCUT2D eigenvalue weighted by Crippen LogP contribution is 2.29. The lowest BCUT2D eigenvalue weighted by atomic mass is 10.1. The molecular weight excluding hydrogens is 540 g/mol. The zero-order valence-electron chi connectivity index (χ0n) is 23.5. The summed E-state index contributed by atoms with van der Waals surface area (Å²) in [5, 5.41) is 22.1. The van der Waals surface area contributed by atoms with Gasteiger partial charge in [-0.25, -0.2) is 0 Å². The molecule has 0 aliphatic carbocycles. The van der Waals surface area contributed by atoms with Gasteiger partial charge in [0.1, 0.15) is 43.0 Å². The van der Waals surface area contributed by atoms with E-state index < -0.39 is 23.8 Å². The summed E-state index contributed by atoms with van der Waals surface area (Å²) in [6.07, 6.45) is -0.276. The van der Waals surface area contributed by atoms with Crippen molar-refractivity contribution in [2.75, 3.05) is 31.3 Å². The second-order valence-corrected chi connectivity index (χ2v) is 13.3. The van der Waals surface area contributed by atoms with Gasteiger partial charge < -0.3 is 29.2 Å².